The number of alkyl halides is 3. The predicted molar refractivity (Wildman–Crippen MR) is 106 cm³/mol. The lowest BCUT2D eigenvalue weighted by molar-refractivity contribution is -0.138. The number of carbonyl (C=O) groups is 1. The number of halogens is 3. The highest BCUT2D eigenvalue weighted by atomic mass is 19.4. The Labute approximate surface area is 177 Å². The lowest BCUT2D eigenvalue weighted by Crippen LogP contribution is -2.43. The molecule has 1 saturated heterocycles. The molecule has 3 aliphatic carbocycles. The highest BCUT2D eigenvalue weighted by Gasteiger charge is 2.64. The van der Waals surface area contributed by atoms with Gasteiger partial charge < -0.3 is 9.42 Å². The number of aromatic nitrogens is 2. The lowest BCUT2D eigenvalue weighted by atomic mass is 9.86. The topological polar surface area (TPSA) is 59.2 Å². The maximum atomic E-state index is 13.7. The van der Waals surface area contributed by atoms with E-state index in [1.807, 2.05) is 4.90 Å². The third-order valence-corrected chi connectivity index (χ3v) is 8.07. The van der Waals surface area contributed by atoms with E-state index in [1.165, 1.54) is 19.8 Å². The van der Waals surface area contributed by atoms with Crippen LogP contribution in [0.5, 0.6) is 0 Å². The number of hydrogen-bond acceptors (Lipinski definition) is 4. The Morgan fingerprint density at radius 3 is 2.81 bits per heavy atom. The van der Waals surface area contributed by atoms with Crippen molar-refractivity contribution in [3.8, 4) is 0 Å². The molecule has 2 saturated carbocycles. The van der Waals surface area contributed by atoms with Crippen LogP contribution in [0.15, 0.2) is 22.7 Å². The smallest absolute Gasteiger partial charge is 0.342 e. The van der Waals surface area contributed by atoms with Gasteiger partial charge in [0.1, 0.15) is 0 Å². The van der Waals surface area contributed by atoms with E-state index < -0.39 is 11.7 Å². The first-order valence-corrected chi connectivity index (χ1v) is 11.1. The van der Waals surface area contributed by atoms with Crippen molar-refractivity contribution in [2.75, 3.05) is 13.1 Å². The van der Waals surface area contributed by atoms with Crippen LogP contribution in [0.1, 0.15) is 55.0 Å². The number of likely N-dealkylation sites (tertiary alicyclic amines) is 1. The molecule has 1 spiro atoms. The molecule has 1 aliphatic heterocycles. The number of aryl methyl sites for hydroxylation is 1. The fraction of sp³-hybridized carbons (Fsp3) is 0.609. The number of allylic oxidation sites excluding steroid dienone is 2. The summed E-state index contributed by atoms with van der Waals surface area (Å²) < 4.78 is 46.4. The van der Waals surface area contributed by atoms with Gasteiger partial charge in [-0.2, -0.15) is 13.2 Å². The molecule has 2 aromatic rings. The van der Waals surface area contributed by atoms with Crippen molar-refractivity contribution in [3.63, 3.8) is 0 Å². The fourth-order valence-electron chi connectivity index (χ4n) is 6.49. The molecular formula is C23H24F3N3O2. The average Bonchev–Trinajstić information content (AvgIpc) is 3.21. The van der Waals surface area contributed by atoms with E-state index in [0.717, 1.165) is 18.9 Å². The van der Waals surface area contributed by atoms with Crippen molar-refractivity contribution in [2.45, 2.75) is 51.1 Å². The van der Waals surface area contributed by atoms with Gasteiger partial charge in [0.2, 0.25) is 5.91 Å². The van der Waals surface area contributed by atoms with Crippen molar-refractivity contribution in [1.29, 1.82) is 0 Å². The Bertz CT molecular complexity index is 1100. The highest BCUT2D eigenvalue weighted by Crippen LogP contribution is 2.70. The number of piperidine rings is 1. The number of carbonyl (C=O) groups excluding carboxylic acids is 1. The van der Waals surface area contributed by atoms with E-state index in [0.29, 0.717) is 36.8 Å². The van der Waals surface area contributed by atoms with Crippen LogP contribution in [0.25, 0.3) is 11.1 Å². The summed E-state index contributed by atoms with van der Waals surface area (Å²) in [7, 11) is 0. The molecular weight excluding hydrogens is 407 g/mol. The Morgan fingerprint density at radius 2 is 2.10 bits per heavy atom. The summed E-state index contributed by atoms with van der Waals surface area (Å²) in [5, 5.41) is 3.95. The normalized spacial score (nSPS) is 31.2. The molecule has 2 aromatic heterocycles. The zero-order valence-corrected chi connectivity index (χ0v) is 17.3. The molecule has 4 atom stereocenters. The van der Waals surface area contributed by atoms with Crippen LogP contribution in [0.3, 0.4) is 0 Å². The van der Waals surface area contributed by atoms with Crippen LogP contribution in [0.4, 0.5) is 13.2 Å². The van der Waals surface area contributed by atoms with Crippen LogP contribution in [-0.4, -0.2) is 34.0 Å². The molecule has 4 unspecified atom stereocenters. The second-order valence-electron chi connectivity index (χ2n) is 9.77. The van der Waals surface area contributed by atoms with Crippen LogP contribution in [0, 0.1) is 30.1 Å². The number of nitrogens with zero attached hydrogens (tertiary/aromatic N) is 3. The summed E-state index contributed by atoms with van der Waals surface area (Å²) in [6.07, 6.45) is 4.75. The number of rotatable bonds is 2. The van der Waals surface area contributed by atoms with Gasteiger partial charge in [0, 0.05) is 30.6 Å². The van der Waals surface area contributed by atoms with Gasteiger partial charge >= 0.3 is 6.18 Å². The first-order chi connectivity index (χ1) is 14.8. The van der Waals surface area contributed by atoms with Gasteiger partial charge in [-0.1, -0.05) is 17.3 Å². The molecule has 5 nitrogen and oxygen atoms in total. The van der Waals surface area contributed by atoms with Gasteiger partial charge in [-0.15, -0.1) is 0 Å². The first kappa shape index (κ1) is 19.3. The summed E-state index contributed by atoms with van der Waals surface area (Å²) in [6.45, 7) is 2.55. The predicted octanol–water partition coefficient (Wildman–Crippen LogP) is 4.86. The summed E-state index contributed by atoms with van der Waals surface area (Å²) in [5.41, 5.74) is 0.00614. The van der Waals surface area contributed by atoms with Gasteiger partial charge in [-0.25, -0.2) is 4.98 Å². The monoisotopic (exact) mass is 431 g/mol. The van der Waals surface area contributed by atoms with E-state index in [-0.39, 0.29) is 40.2 Å². The summed E-state index contributed by atoms with van der Waals surface area (Å²) in [4.78, 5) is 19.4. The van der Waals surface area contributed by atoms with E-state index in [2.05, 4.69) is 22.3 Å². The molecule has 8 heteroatoms. The molecule has 164 valence electrons. The zero-order valence-electron chi connectivity index (χ0n) is 17.3. The zero-order chi connectivity index (χ0) is 21.5. The second kappa shape index (κ2) is 6.33. The van der Waals surface area contributed by atoms with Gasteiger partial charge in [0.05, 0.1) is 16.6 Å². The van der Waals surface area contributed by atoms with Gasteiger partial charge in [-0.05, 0) is 62.3 Å². The second-order valence-corrected chi connectivity index (χ2v) is 9.77. The molecule has 4 aliphatic rings. The molecule has 3 heterocycles. The lowest BCUT2D eigenvalue weighted by Gasteiger charge is -2.35. The average molecular weight is 431 g/mol. The van der Waals surface area contributed by atoms with Gasteiger partial charge in [-0.3, -0.25) is 4.79 Å². The minimum absolute atomic E-state index is 0.0142. The van der Waals surface area contributed by atoms with Crippen molar-refractivity contribution >= 4 is 17.0 Å². The molecule has 1 amide bonds. The van der Waals surface area contributed by atoms with Crippen molar-refractivity contribution in [2.24, 2.45) is 23.2 Å². The third-order valence-electron chi connectivity index (χ3n) is 8.07. The molecule has 0 aromatic carbocycles. The number of pyridine rings is 1. The maximum absolute atomic E-state index is 13.7. The number of hydrogen-bond donors (Lipinski definition) is 0. The van der Waals surface area contributed by atoms with E-state index >= 15 is 0 Å². The van der Waals surface area contributed by atoms with E-state index in [1.54, 1.807) is 0 Å². The SMILES string of the molecule is Cc1cc(C(F)(F)F)c2c(C3CCCN(C(=O)C4CC5C=CC4C54CC4)C3)noc2n1. The van der Waals surface area contributed by atoms with Crippen molar-refractivity contribution < 1.29 is 22.5 Å². The van der Waals surface area contributed by atoms with Crippen LogP contribution in [0.2, 0.25) is 0 Å². The van der Waals surface area contributed by atoms with Crippen LogP contribution in [-0.2, 0) is 11.0 Å². The Morgan fingerprint density at radius 1 is 1.29 bits per heavy atom. The van der Waals surface area contributed by atoms with Gasteiger partial charge in [0.25, 0.3) is 5.71 Å². The number of amides is 1. The molecule has 6 rings (SSSR count). The summed E-state index contributed by atoms with van der Waals surface area (Å²) >= 11 is 0. The standard InChI is InChI=1S/C23H24F3N3O2/c1-12-9-17(23(24,25)26)18-19(28-31-20(18)27-12)13-3-2-8-29(11-13)21(30)15-10-14-4-5-16(15)22(14)6-7-22/h4-5,9,13-16H,2-3,6-8,10-11H2,1H3. The van der Waals surface area contributed by atoms with Crippen LogP contribution < -0.4 is 0 Å². The Balaban J connectivity index is 1.29. The van der Waals surface area contributed by atoms with Gasteiger partial charge in [0.15, 0.2) is 0 Å². The maximum Gasteiger partial charge on any atom is 0.417 e. The van der Waals surface area contributed by atoms with E-state index in [9.17, 15) is 18.0 Å². The minimum Gasteiger partial charge on any atom is -0.342 e. The third kappa shape index (κ3) is 2.79. The van der Waals surface area contributed by atoms with Crippen molar-refractivity contribution in [3.05, 3.63) is 35.2 Å². The fourth-order valence-corrected chi connectivity index (χ4v) is 6.49. The Kier molecular flexibility index (Phi) is 3.94. The summed E-state index contributed by atoms with van der Waals surface area (Å²) in [5.74, 6) is 0.747. The summed E-state index contributed by atoms with van der Waals surface area (Å²) in [6, 6.07) is 1.05. The number of fused-ring (bicyclic) bond motifs is 1. The van der Waals surface area contributed by atoms with E-state index in [4.69, 9.17) is 4.52 Å². The first-order valence-electron chi connectivity index (χ1n) is 11.1. The van der Waals surface area contributed by atoms with Crippen molar-refractivity contribution in [1.82, 2.24) is 15.0 Å². The van der Waals surface area contributed by atoms with Crippen LogP contribution >= 0.6 is 0 Å². The molecule has 3 fully saturated rings. The molecule has 31 heavy (non-hydrogen) atoms. The molecule has 0 radical (unpaired) electrons. The molecule has 0 N–H and O–H groups in total. The minimum atomic E-state index is -4.52. The largest absolute Gasteiger partial charge is 0.417 e. The quantitative estimate of drug-likeness (QED) is 0.638. The Hall–Kier alpha value is -2.38. The highest BCUT2D eigenvalue weighted by molar-refractivity contribution is 5.83. The molecule has 2 bridgehead atoms.